The monoisotopic (exact) mass is 239 g/mol. The summed E-state index contributed by atoms with van der Waals surface area (Å²) in [5.41, 5.74) is 5.48. The van der Waals surface area contributed by atoms with E-state index in [0.717, 1.165) is 12.8 Å². The number of carbonyl (C=O) groups is 2. The second-order valence-electron chi connectivity index (χ2n) is 5.04. The summed E-state index contributed by atoms with van der Waals surface area (Å²) in [7, 11) is 0. The molecule has 2 aliphatic rings. The van der Waals surface area contributed by atoms with Gasteiger partial charge in [-0.1, -0.05) is 6.92 Å². The van der Waals surface area contributed by atoms with Crippen LogP contribution >= 0.6 is 0 Å². The van der Waals surface area contributed by atoms with Gasteiger partial charge in [-0.05, 0) is 19.4 Å². The molecule has 0 aromatic rings. The molecule has 2 aliphatic heterocycles. The highest BCUT2D eigenvalue weighted by Crippen LogP contribution is 2.23. The minimum Gasteiger partial charge on any atom is -0.339 e. The Balaban J connectivity index is 1.92. The first-order valence-corrected chi connectivity index (χ1v) is 6.41. The molecule has 2 amide bonds. The van der Waals surface area contributed by atoms with Crippen LogP contribution in [0.4, 0.5) is 0 Å². The largest absolute Gasteiger partial charge is 0.339 e. The molecule has 0 aliphatic carbocycles. The van der Waals surface area contributed by atoms with Crippen LogP contribution < -0.4 is 5.73 Å². The van der Waals surface area contributed by atoms with Gasteiger partial charge in [-0.2, -0.15) is 0 Å². The maximum absolute atomic E-state index is 12.1. The van der Waals surface area contributed by atoms with Gasteiger partial charge in [0.25, 0.3) is 0 Å². The SMILES string of the molecule is CC(CCN)C(=O)N1CCN2C(=O)CCC2C1. The van der Waals surface area contributed by atoms with E-state index >= 15 is 0 Å². The molecule has 2 unspecified atom stereocenters. The van der Waals surface area contributed by atoms with Crippen LogP contribution in [-0.2, 0) is 9.59 Å². The fourth-order valence-corrected chi connectivity index (χ4v) is 2.75. The number of hydrogen-bond donors (Lipinski definition) is 1. The number of carbonyl (C=O) groups excluding carboxylic acids is 2. The highest BCUT2D eigenvalue weighted by molar-refractivity contribution is 5.81. The van der Waals surface area contributed by atoms with Crippen molar-refractivity contribution in [2.24, 2.45) is 11.7 Å². The normalized spacial score (nSPS) is 26.0. The standard InChI is InChI=1S/C12H21N3O2/c1-9(4-5-13)12(17)14-6-7-15-10(8-14)2-3-11(15)16/h9-10H,2-8,13H2,1H3. The van der Waals surface area contributed by atoms with Crippen molar-refractivity contribution in [3.8, 4) is 0 Å². The number of rotatable bonds is 3. The van der Waals surface area contributed by atoms with Crippen LogP contribution in [-0.4, -0.2) is 53.8 Å². The molecule has 0 aromatic heterocycles. The van der Waals surface area contributed by atoms with Gasteiger partial charge in [-0.25, -0.2) is 0 Å². The van der Waals surface area contributed by atoms with E-state index in [4.69, 9.17) is 5.73 Å². The Hall–Kier alpha value is -1.10. The lowest BCUT2D eigenvalue weighted by atomic mass is 10.0. The fraction of sp³-hybridized carbons (Fsp3) is 0.833. The van der Waals surface area contributed by atoms with Crippen LogP contribution in [0.3, 0.4) is 0 Å². The van der Waals surface area contributed by atoms with Crippen molar-refractivity contribution in [1.82, 2.24) is 9.80 Å². The minimum atomic E-state index is 0.00338. The molecule has 0 saturated carbocycles. The van der Waals surface area contributed by atoms with Crippen LogP contribution in [0.2, 0.25) is 0 Å². The lowest BCUT2D eigenvalue weighted by Gasteiger charge is -2.38. The zero-order chi connectivity index (χ0) is 12.4. The number of hydrogen-bond acceptors (Lipinski definition) is 3. The molecule has 0 spiro atoms. The summed E-state index contributed by atoms with van der Waals surface area (Å²) in [5, 5.41) is 0. The van der Waals surface area contributed by atoms with E-state index in [1.165, 1.54) is 0 Å². The Labute approximate surface area is 102 Å². The van der Waals surface area contributed by atoms with E-state index in [1.807, 2.05) is 16.7 Å². The first-order valence-electron chi connectivity index (χ1n) is 6.41. The van der Waals surface area contributed by atoms with Crippen LogP contribution in [0.25, 0.3) is 0 Å². The van der Waals surface area contributed by atoms with Crippen molar-refractivity contribution in [2.75, 3.05) is 26.2 Å². The second kappa shape index (κ2) is 5.04. The second-order valence-corrected chi connectivity index (χ2v) is 5.04. The highest BCUT2D eigenvalue weighted by atomic mass is 16.2. The Bertz CT molecular complexity index is 319. The summed E-state index contributed by atoms with van der Waals surface area (Å²) in [6.07, 6.45) is 2.28. The Morgan fingerprint density at radius 1 is 1.53 bits per heavy atom. The molecular weight excluding hydrogens is 218 g/mol. The quantitative estimate of drug-likeness (QED) is 0.742. The molecule has 5 heteroatoms. The predicted molar refractivity (Wildman–Crippen MR) is 64.2 cm³/mol. The van der Waals surface area contributed by atoms with Gasteiger partial charge in [0.2, 0.25) is 11.8 Å². The lowest BCUT2D eigenvalue weighted by Crippen LogP contribution is -2.54. The summed E-state index contributed by atoms with van der Waals surface area (Å²) in [6.45, 7) is 4.57. The minimum absolute atomic E-state index is 0.00338. The van der Waals surface area contributed by atoms with E-state index in [9.17, 15) is 9.59 Å². The Kier molecular flexibility index (Phi) is 3.66. The Morgan fingerprint density at radius 2 is 2.29 bits per heavy atom. The third-order valence-electron chi connectivity index (χ3n) is 3.83. The number of fused-ring (bicyclic) bond motifs is 1. The van der Waals surface area contributed by atoms with Crippen molar-refractivity contribution in [2.45, 2.75) is 32.2 Å². The average molecular weight is 239 g/mol. The summed E-state index contributed by atoms with van der Waals surface area (Å²) in [6, 6.07) is 0.255. The first kappa shape index (κ1) is 12.4. The zero-order valence-corrected chi connectivity index (χ0v) is 10.4. The predicted octanol–water partition coefficient (Wildman–Crippen LogP) is -0.195. The van der Waals surface area contributed by atoms with Crippen molar-refractivity contribution >= 4 is 11.8 Å². The Morgan fingerprint density at radius 3 is 3.00 bits per heavy atom. The van der Waals surface area contributed by atoms with Crippen molar-refractivity contribution in [3.63, 3.8) is 0 Å². The number of nitrogens with zero attached hydrogens (tertiary/aromatic N) is 2. The van der Waals surface area contributed by atoms with E-state index < -0.39 is 0 Å². The van der Waals surface area contributed by atoms with Gasteiger partial charge in [-0.3, -0.25) is 9.59 Å². The maximum atomic E-state index is 12.1. The molecule has 5 nitrogen and oxygen atoms in total. The van der Waals surface area contributed by atoms with Crippen molar-refractivity contribution in [3.05, 3.63) is 0 Å². The van der Waals surface area contributed by atoms with E-state index in [0.29, 0.717) is 32.6 Å². The van der Waals surface area contributed by atoms with Crippen LogP contribution in [0.5, 0.6) is 0 Å². The molecule has 17 heavy (non-hydrogen) atoms. The molecular formula is C12H21N3O2. The zero-order valence-electron chi connectivity index (χ0n) is 10.4. The molecule has 2 rings (SSSR count). The van der Waals surface area contributed by atoms with Gasteiger partial charge in [-0.15, -0.1) is 0 Å². The number of amides is 2. The molecule has 2 fully saturated rings. The maximum Gasteiger partial charge on any atom is 0.225 e. The van der Waals surface area contributed by atoms with Gasteiger partial charge in [0.05, 0.1) is 0 Å². The van der Waals surface area contributed by atoms with Gasteiger partial charge in [0.1, 0.15) is 0 Å². The molecule has 96 valence electrons. The summed E-state index contributed by atoms with van der Waals surface area (Å²) < 4.78 is 0. The van der Waals surface area contributed by atoms with E-state index in [1.54, 1.807) is 0 Å². The summed E-state index contributed by atoms with van der Waals surface area (Å²) in [5.74, 6) is 0.440. The molecule has 2 heterocycles. The topological polar surface area (TPSA) is 66.6 Å². The van der Waals surface area contributed by atoms with Crippen molar-refractivity contribution in [1.29, 1.82) is 0 Å². The number of piperazine rings is 1. The summed E-state index contributed by atoms with van der Waals surface area (Å²) >= 11 is 0. The van der Waals surface area contributed by atoms with E-state index in [2.05, 4.69) is 0 Å². The highest BCUT2D eigenvalue weighted by Gasteiger charge is 2.37. The summed E-state index contributed by atoms with van der Waals surface area (Å²) in [4.78, 5) is 27.5. The van der Waals surface area contributed by atoms with Gasteiger partial charge in [0, 0.05) is 38.0 Å². The molecule has 0 radical (unpaired) electrons. The molecule has 2 atom stereocenters. The van der Waals surface area contributed by atoms with Crippen LogP contribution in [0, 0.1) is 5.92 Å². The third-order valence-corrected chi connectivity index (χ3v) is 3.83. The van der Waals surface area contributed by atoms with Crippen molar-refractivity contribution < 1.29 is 9.59 Å². The number of nitrogens with two attached hydrogens (primary N) is 1. The average Bonchev–Trinajstić information content (AvgIpc) is 2.70. The van der Waals surface area contributed by atoms with E-state index in [-0.39, 0.29) is 23.8 Å². The van der Waals surface area contributed by atoms with Gasteiger partial charge < -0.3 is 15.5 Å². The lowest BCUT2D eigenvalue weighted by molar-refractivity contribution is -0.141. The van der Waals surface area contributed by atoms with Gasteiger partial charge in [0.15, 0.2) is 0 Å². The van der Waals surface area contributed by atoms with Gasteiger partial charge >= 0.3 is 0 Å². The smallest absolute Gasteiger partial charge is 0.225 e. The van der Waals surface area contributed by atoms with Crippen LogP contribution in [0.1, 0.15) is 26.2 Å². The third kappa shape index (κ3) is 2.44. The first-order chi connectivity index (χ1) is 8.13. The fourth-order valence-electron chi connectivity index (χ4n) is 2.75. The van der Waals surface area contributed by atoms with Crippen LogP contribution in [0.15, 0.2) is 0 Å². The molecule has 0 bridgehead atoms. The molecule has 0 aromatic carbocycles. The molecule has 2 N–H and O–H groups in total. The molecule has 2 saturated heterocycles.